The van der Waals surface area contributed by atoms with Crippen molar-refractivity contribution in [1.29, 1.82) is 0 Å². The summed E-state index contributed by atoms with van der Waals surface area (Å²) in [7, 11) is -0.681. The molecule has 0 unspecified atom stereocenters. The van der Waals surface area contributed by atoms with Crippen molar-refractivity contribution in [3.05, 3.63) is 5.89 Å². The molecular weight excluding hydrogens is 240 g/mol. The number of anilines is 1. The van der Waals surface area contributed by atoms with Gasteiger partial charge in [0.1, 0.15) is 0 Å². The zero-order valence-electron chi connectivity index (χ0n) is 10.2. The van der Waals surface area contributed by atoms with Crippen LogP contribution in [0.5, 0.6) is 0 Å². The van der Waals surface area contributed by atoms with E-state index in [1.165, 1.54) is 0 Å². The maximum absolute atomic E-state index is 11.2. The van der Waals surface area contributed by atoms with Crippen LogP contribution in [-0.2, 0) is 17.3 Å². The summed E-state index contributed by atoms with van der Waals surface area (Å²) in [6, 6.07) is 0.935. The van der Waals surface area contributed by atoms with Crippen molar-refractivity contribution in [2.24, 2.45) is 0 Å². The van der Waals surface area contributed by atoms with Crippen LogP contribution in [0.4, 0.5) is 6.01 Å². The summed E-state index contributed by atoms with van der Waals surface area (Å²) in [6.45, 7) is 6.18. The predicted molar refractivity (Wildman–Crippen MR) is 66.4 cm³/mol. The van der Waals surface area contributed by atoms with Gasteiger partial charge >= 0.3 is 6.01 Å². The summed E-state index contributed by atoms with van der Waals surface area (Å²) in [5.74, 6) is 1.96. The van der Waals surface area contributed by atoms with E-state index in [0.717, 1.165) is 13.1 Å². The highest BCUT2D eigenvalue weighted by Crippen LogP contribution is 2.14. The average molecular weight is 258 g/mol. The molecule has 0 spiro atoms. The zero-order chi connectivity index (χ0) is 12.3. The fourth-order valence-corrected chi connectivity index (χ4v) is 2.62. The van der Waals surface area contributed by atoms with E-state index in [-0.39, 0.29) is 0 Å². The Balaban J connectivity index is 1.91. The smallest absolute Gasteiger partial charge is 0.318 e. The predicted octanol–water partition coefficient (Wildman–Crippen LogP) is 0.136. The van der Waals surface area contributed by atoms with Crippen molar-refractivity contribution < 1.29 is 8.63 Å². The van der Waals surface area contributed by atoms with Crippen molar-refractivity contribution in [3.63, 3.8) is 0 Å². The van der Waals surface area contributed by atoms with Crippen molar-refractivity contribution >= 4 is 16.8 Å². The van der Waals surface area contributed by atoms with Crippen molar-refractivity contribution in [3.8, 4) is 0 Å². The number of nitrogens with zero attached hydrogens (tertiary/aromatic N) is 3. The molecule has 17 heavy (non-hydrogen) atoms. The molecule has 7 heteroatoms. The third kappa shape index (κ3) is 3.50. The molecule has 0 saturated carbocycles. The van der Waals surface area contributed by atoms with E-state index in [9.17, 15) is 4.21 Å². The van der Waals surface area contributed by atoms with Crippen LogP contribution in [0.1, 0.15) is 19.7 Å². The first-order valence-corrected chi connectivity index (χ1v) is 7.29. The highest BCUT2D eigenvalue weighted by atomic mass is 32.2. The van der Waals surface area contributed by atoms with Crippen LogP contribution in [0, 0.1) is 0 Å². The highest BCUT2D eigenvalue weighted by molar-refractivity contribution is 7.85. The largest absolute Gasteiger partial charge is 0.407 e. The molecule has 1 aromatic rings. The number of aromatic nitrogens is 2. The SMILES string of the molecule is CC(C)NCc1nnc(N2CCS(=O)CC2)o1. The second kappa shape index (κ2) is 5.59. The van der Waals surface area contributed by atoms with E-state index in [2.05, 4.69) is 29.4 Å². The van der Waals surface area contributed by atoms with Crippen LogP contribution in [0.25, 0.3) is 0 Å². The summed E-state index contributed by atoms with van der Waals surface area (Å²) in [5.41, 5.74) is 0. The molecule has 1 N–H and O–H groups in total. The van der Waals surface area contributed by atoms with Crippen molar-refractivity contribution in [2.75, 3.05) is 29.5 Å². The summed E-state index contributed by atoms with van der Waals surface area (Å²) in [6.07, 6.45) is 0. The highest BCUT2D eigenvalue weighted by Gasteiger charge is 2.20. The molecule has 1 saturated heterocycles. The van der Waals surface area contributed by atoms with Gasteiger partial charge in [0.25, 0.3) is 0 Å². The van der Waals surface area contributed by atoms with E-state index in [4.69, 9.17) is 4.42 Å². The van der Waals surface area contributed by atoms with Gasteiger partial charge in [-0.1, -0.05) is 18.9 Å². The summed E-state index contributed by atoms with van der Waals surface area (Å²) in [4.78, 5) is 1.99. The van der Waals surface area contributed by atoms with E-state index >= 15 is 0 Å². The molecule has 0 aromatic carbocycles. The van der Waals surface area contributed by atoms with Gasteiger partial charge in [0.15, 0.2) is 0 Å². The van der Waals surface area contributed by atoms with Crippen molar-refractivity contribution in [2.45, 2.75) is 26.4 Å². The molecule has 2 rings (SSSR count). The van der Waals surface area contributed by atoms with Gasteiger partial charge in [-0.05, 0) is 0 Å². The minimum Gasteiger partial charge on any atom is -0.407 e. The number of hydrogen-bond acceptors (Lipinski definition) is 6. The van der Waals surface area contributed by atoms with E-state index in [1.54, 1.807) is 0 Å². The van der Waals surface area contributed by atoms with Gasteiger partial charge < -0.3 is 14.6 Å². The van der Waals surface area contributed by atoms with Gasteiger partial charge in [0.05, 0.1) is 6.54 Å². The molecule has 0 radical (unpaired) electrons. The normalized spacial score (nSPS) is 17.9. The van der Waals surface area contributed by atoms with E-state index in [0.29, 0.717) is 36.0 Å². The fourth-order valence-electron chi connectivity index (χ4n) is 1.56. The average Bonchev–Trinajstić information content (AvgIpc) is 2.76. The van der Waals surface area contributed by atoms with Gasteiger partial charge in [-0.15, -0.1) is 5.10 Å². The molecule has 0 amide bonds. The Morgan fingerprint density at radius 1 is 1.41 bits per heavy atom. The Kier molecular flexibility index (Phi) is 4.11. The van der Waals surface area contributed by atoms with E-state index < -0.39 is 10.8 Å². The molecule has 1 aliphatic rings. The minimum absolute atomic E-state index is 0.391. The monoisotopic (exact) mass is 258 g/mol. The number of nitrogens with one attached hydrogen (secondary N) is 1. The standard InChI is InChI=1S/C10H18N4O2S/c1-8(2)11-7-9-12-13-10(16-9)14-3-5-17(15)6-4-14/h8,11H,3-7H2,1-2H3. The van der Waals surface area contributed by atoms with Crippen LogP contribution in [0.15, 0.2) is 4.42 Å². The lowest BCUT2D eigenvalue weighted by atomic mass is 10.4. The minimum atomic E-state index is -0.681. The van der Waals surface area contributed by atoms with Gasteiger partial charge in [0.2, 0.25) is 5.89 Å². The third-order valence-corrected chi connectivity index (χ3v) is 3.84. The quantitative estimate of drug-likeness (QED) is 0.828. The number of rotatable bonds is 4. The topological polar surface area (TPSA) is 71.3 Å². The Labute approximate surface area is 103 Å². The van der Waals surface area contributed by atoms with Gasteiger partial charge in [0, 0.05) is 41.4 Å². The molecule has 6 nitrogen and oxygen atoms in total. The molecule has 0 bridgehead atoms. The Morgan fingerprint density at radius 2 is 2.12 bits per heavy atom. The molecule has 0 aliphatic carbocycles. The van der Waals surface area contributed by atoms with Crippen molar-refractivity contribution in [1.82, 2.24) is 15.5 Å². The fraction of sp³-hybridized carbons (Fsp3) is 0.800. The molecule has 1 aromatic heterocycles. The lowest BCUT2D eigenvalue weighted by Gasteiger charge is -2.23. The summed E-state index contributed by atoms with van der Waals surface area (Å²) < 4.78 is 16.8. The summed E-state index contributed by atoms with van der Waals surface area (Å²) in [5, 5.41) is 11.2. The van der Waals surface area contributed by atoms with E-state index in [1.807, 2.05) is 4.90 Å². The first kappa shape index (κ1) is 12.5. The van der Waals surface area contributed by atoms with Gasteiger partial charge in [-0.3, -0.25) is 4.21 Å². The maximum atomic E-state index is 11.2. The first-order chi connectivity index (χ1) is 8.15. The molecule has 2 heterocycles. The Morgan fingerprint density at radius 3 is 2.76 bits per heavy atom. The molecular formula is C10H18N4O2S. The zero-order valence-corrected chi connectivity index (χ0v) is 11.0. The Bertz CT molecular complexity index is 383. The molecule has 0 atom stereocenters. The van der Waals surface area contributed by atoms with Gasteiger partial charge in [-0.2, -0.15) is 0 Å². The Hall–Kier alpha value is -0.950. The van der Waals surface area contributed by atoms with Crippen LogP contribution in [-0.4, -0.2) is 45.0 Å². The second-order valence-electron chi connectivity index (χ2n) is 4.35. The molecule has 1 fully saturated rings. The maximum Gasteiger partial charge on any atom is 0.318 e. The second-order valence-corrected chi connectivity index (χ2v) is 6.05. The lowest BCUT2D eigenvalue weighted by molar-refractivity contribution is 0.447. The number of hydrogen-bond donors (Lipinski definition) is 1. The lowest BCUT2D eigenvalue weighted by Crippen LogP contribution is -2.37. The van der Waals surface area contributed by atoms with Gasteiger partial charge in [-0.25, -0.2) is 0 Å². The third-order valence-electron chi connectivity index (χ3n) is 2.57. The molecule has 96 valence electrons. The molecule has 1 aliphatic heterocycles. The van der Waals surface area contributed by atoms with Crippen LogP contribution in [0.3, 0.4) is 0 Å². The van der Waals surface area contributed by atoms with Crippen LogP contribution < -0.4 is 10.2 Å². The first-order valence-electron chi connectivity index (χ1n) is 5.81. The van der Waals surface area contributed by atoms with Crippen LogP contribution in [0.2, 0.25) is 0 Å². The van der Waals surface area contributed by atoms with Crippen LogP contribution >= 0.6 is 0 Å². The summed E-state index contributed by atoms with van der Waals surface area (Å²) >= 11 is 0.